The molecule has 1 fully saturated rings. The maximum atomic E-state index is 5.63. The summed E-state index contributed by atoms with van der Waals surface area (Å²) in [6.07, 6.45) is 8.14. The first kappa shape index (κ1) is 15.0. The summed E-state index contributed by atoms with van der Waals surface area (Å²) in [5.74, 6) is 2.00. The van der Waals surface area contributed by atoms with E-state index in [-0.39, 0.29) is 0 Å². The molecule has 0 aliphatic carbocycles. The number of hydrogen-bond donors (Lipinski definition) is 1. The average molecular weight is 302 g/mol. The van der Waals surface area contributed by atoms with E-state index in [9.17, 15) is 0 Å². The lowest BCUT2D eigenvalue weighted by atomic mass is 10.1. The van der Waals surface area contributed by atoms with Gasteiger partial charge in [-0.1, -0.05) is 5.16 Å². The van der Waals surface area contributed by atoms with Gasteiger partial charge in [-0.3, -0.25) is 0 Å². The first-order chi connectivity index (χ1) is 10.8. The topological polar surface area (TPSA) is 73.1 Å². The van der Waals surface area contributed by atoms with E-state index in [1.54, 1.807) is 13.1 Å². The number of anilines is 1. The van der Waals surface area contributed by atoms with Crippen molar-refractivity contribution in [2.24, 2.45) is 0 Å². The van der Waals surface area contributed by atoms with Crippen LogP contribution in [0.4, 0.5) is 5.82 Å². The van der Waals surface area contributed by atoms with Crippen molar-refractivity contribution in [1.29, 1.82) is 0 Å². The number of aromatic nitrogens is 3. The maximum Gasteiger partial charge on any atom is 0.258 e. The van der Waals surface area contributed by atoms with Gasteiger partial charge in [0.05, 0.1) is 6.10 Å². The third kappa shape index (κ3) is 4.04. The monoisotopic (exact) mass is 302 g/mol. The second kappa shape index (κ2) is 7.35. The van der Waals surface area contributed by atoms with E-state index in [0.717, 1.165) is 37.4 Å². The molecule has 1 saturated heterocycles. The molecule has 2 aromatic rings. The number of nitrogens with zero attached hydrogens (tertiary/aromatic N) is 3. The molecule has 1 atom stereocenters. The third-order valence-corrected chi connectivity index (χ3v) is 3.82. The van der Waals surface area contributed by atoms with Gasteiger partial charge >= 0.3 is 0 Å². The van der Waals surface area contributed by atoms with E-state index in [1.165, 1.54) is 19.3 Å². The molecular weight excluding hydrogens is 280 g/mol. The largest absolute Gasteiger partial charge is 0.378 e. The fraction of sp³-hybridized carbons (Fsp3) is 0.562. The molecule has 0 radical (unpaired) electrons. The predicted octanol–water partition coefficient (Wildman–Crippen LogP) is 3.20. The Labute approximate surface area is 130 Å². The molecule has 6 heteroatoms. The van der Waals surface area contributed by atoms with Crippen molar-refractivity contribution in [2.45, 2.75) is 45.1 Å². The second-order valence-electron chi connectivity index (χ2n) is 5.63. The van der Waals surface area contributed by atoms with E-state index in [1.807, 2.05) is 12.1 Å². The Kier molecular flexibility index (Phi) is 5.00. The van der Waals surface area contributed by atoms with Crippen LogP contribution in [-0.2, 0) is 4.74 Å². The summed E-state index contributed by atoms with van der Waals surface area (Å²) in [4.78, 5) is 8.55. The molecule has 2 aromatic heterocycles. The van der Waals surface area contributed by atoms with Crippen LogP contribution in [0, 0.1) is 6.92 Å². The second-order valence-corrected chi connectivity index (χ2v) is 5.63. The fourth-order valence-corrected chi connectivity index (χ4v) is 2.66. The van der Waals surface area contributed by atoms with Crippen LogP contribution in [0.15, 0.2) is 22.9 Å². The number of hydrogen-bond acceptors (Lipinski definition) is 6. The van der Waals surface area contributed by atoms with Crippen molar-refractivity contribution in [3.8, 4) is 11.5 Å². The number of nitrogens with one attached hydrogen (secondary N) is 1. The number of aryl methyl sites for hydroxylation is 1. The molecule has 1 aliphatic rings. The summed E-state index contributed by atoms with van der Waals surface area (Å²) in [7, 11) is 0. The summed E-state index contributed by atoms with van der Waals surface area (Å²) in [5, 5.41) is 7.15. The lowest BCUT2D eigenvalue weighted by Gasteiger charge is -2.09. The van der Waals surface area contributed by atoms with Crippen molar-refractivity contribution in [3.63, 3.8) is 0 Å². The Hall–Kier alpha value is -1.95. The Morgan fingerprint density at radius 1 is 1.36 bits per heavy atom. The van der Waals surface area contributed by atoms with E-state index >= 15 is 0 Å². The van der Waals surface area contributed by atoms with Crippen LogP contribution in [0.3, 0.4) is 0 Å². The minimum atomic E-state index is 0.488. The molecule has 1 aliphatic heterocycles. The minimum Gasteiger partial charge on any atom is -0.378 e. The lowest BCUT2D eigenvalue weighted by molar-refractivity contribution is 0.102. The lowest BCUT2D eigenvalue weighted by Crippen LogP contribution is -2.07. The normalized spacial score (nSPS) is 17.8. The number of pyridine rings is 1. The van der Waals surface area contributed by atoms with Crippen LogP contribution in [0.1, 0.15) is 37.9 Å². The highest BCUT2D eigenvalue weighted by atomic mass is 16.5. The Bertz CT molecular complexity index is 593. The molecule has 0 aromatic carbocycles. The molecule has 0 amide bonds. The predicted molar refractivity (Wildman–Crippen MR) is 83.6 cm³/mol. The van der Waals surface area contributed by atoms with Gasteiger partial charge < -0.3 is 14.6 Å². The van der Waals surface area contributed by atoms with Gasteiger partial charge in [-0.25, -0.2) is 4.98 Å². The van der Waals surface area contributed by atoms with Crippen molar-refractivity contribution < 1.29 is 9.26 Å². The van der Waals surface area contributed by atoms with Crippen molar-refractivity contribution in [1.82, 2.24) is 15.1 Å². The van der Waals surface area contributed by atoms with E-state index in [2.05, 4.69) is 20.4 Å². The standard InChI is InChI=1S/C16H22N4O2/c1-12-19-16(22-20-12)13-7-9-18-15(11-13)17-8-3-2-5-14-6-4-10-21-14/h7,9,11,14H,2-6,8,10H2,1H3,(H,17,18). The van der Waals surface area contributed by atoms with E-state index < -0.39 is 0 Å². The molecule has 0 bridgehead atoms. The van der Waals surface area contributed by atoms with Crippen LogP contribution in [0.5, 0.6) is 0 Å². The first-order valence-electron chi connectivity index (χ1n) is 7.93. The number of ether oxygens (including phenoxy) is 1. The van der Waals surface area contributed by atoms with Gasteiger partial charge in [0.25, 0.3) is 5.89 Å². The molecule has 118 valence electrons. The zero-order chi connectivity index (χ0) is 15.2. The highest BCUT2D eigenvalue weighted by Crippen LogP contribution is 2.20. The van der Waals surface area contributed by atoms with E-state index in [4.69, 9.17) is 9.26 Å². The third-order valence-electron chi connectivity index (χ3n) is 3.82. The Balaban J connectivity index is 1.44. The summed E-state index contributed by atoms with van der Waals surface area (Å²) in [6, 6.07) is 3.81. The van der Waals surface area contributed by atoms with Gasteiger partial charge in [-0.2, -0.15) is 4.98 Å². The van der Waals surface area contributed by atoms with Crippen LogP contribution < -0.4 is 5.32 Å². The summed E-state index contributed by atoms with van der Waals surface area (Å²) >= 11 is 0. The van der Waals surface area contributed by atoms with Crippen molar-refractivity contribution in [2.75, 3.05) is 18.5 Å². The van der Waals surface area contributed by atoms with E-state index in [0.29, 0.717) is 17.8 Å². The summed E-state index contributed by atoms with van der Waals surface area (Å²) in [6.45, 7) is 3.65. The van der Waals surface area contributed by atoms with Crippen molar-refractivity contribution in [3.05, 3.63) is 24.2 Å². The summed E-state index contributed by atoms with van der Waals surface area (Å²) < 4.78 is 10.8. The zero-order valence-electron chi connectivity index (χ0n) is 12.9. The molecule has 0 spiro atoms. The highest BCUT2D eigenvalue weighted by Gasteiger charge is 2.14. The summed E-state index contributed by atoms with van der Waals surface area (Å²) in [5.41, 5.74) is 0.887. The first-order valence-corrected chi connectivity index (χ1v) is 7.93. The molecule has 6 nitrogen and oxygen atoms in total. The molecule has 22 heavy (non-hydrogen) atoms. The van der Waals surface area contributed by atoms with Gasteiger partial charge in [0, 0.05) is 24.9 Å². The van der Waals surface area contributed by atoms with Gasteiger partial charge in [0.15, 0.2) is 5.82 Å². The van der Waals surface area contributed by atoms with Gasteiger partial charge in [-0.15, -0.1) is 0 Å². The zero-order valence-corrected chi connectivity index (χ0v) is 12.9. The SMILES string of the molecule is Cc1noc(-c2ccnc(NCCCCC3CCCO3)c2)n1. The quantitative estimate of drug-likeness (QED) is 0.792. The molecule has 1 unspecified atom stereocenters. The Morgan fingerprint density at radius 3 is 3.09 bits per heavy atom. The molecule has 3 heterocycles. The molecule has 3 rings (SSSR count). The maximum absolute atomic E-state index is 5.63. The molecular formula is C16H22N4O2. The molecule has 1 N–H and O–H groups in total. The Morgan fingerprint density at radius 2 is 2.32 bits per heavy atom. The van der Waals surface area contributed by atoms with Gasteiger partial charge in [0.2, 0.25) is 0 Å². The van der Waals surface area contributed by atoms with Gasteiger partial charge in [0.1, 0.15) is 5.82 Å². The van der Waals surface area contributed by atoms with Crippen LogP contribution in [-0.4, -0.2) is 34.4 Å². The average Bonchev–Trinajstić information content (AvgIpc) is 3.19. The highest BCUT2D eigenvalue weighted by molar-refractivity contribution is 5.57. The van der Waals surface area contributed by atoms with Gasteiger partial charge in [-0.05, 0) is 51.2 Å². The van der Waals surface area contributed by atoms with Crippen LogP contribution in [0.25, 0.3) is 11.5 Å². The smallest absolute Gasteiger partial charge is 0.258 e. The van der Waals surface area contributed by atoms with Crippen LogP contribution in [0.2, 0.25) is 0 Å². The molecule has 0 saturated carbocycles. The fourth-order valence-electron chi connectivity index (χ4n) is 2.66. The minimum absolute atomic E-state index is 0.488. The van der Waals surface area contributed by atoms with Crippen molar-refractivity contribution >= 4 is 5.82 Å². The van der Waals surface area contributed by atoms with Crippen LogP contribution >= 0.6 is 0 Å². The number of unbranched alkanes of at least 4 members (excludes halogenated alkanes) is 1. The number of rotatable bonds is 7.